The zero-order valence-electron chi connectivity index (χ0n) is 10.8. The molecule has 1 heterocycles. The number of aliphatic hydroxyl groups excluding tert-OH is 1. The van der Waals surface area contributed by atoms with Gasteiger partial charge in [0.2, 0.25) is 0 Å². The average Bonchev–Trinajstić information content (AvgIpc) is 2.81. The number of rotatable bonds is 3. The summed E-state index contributed by atoms with van der Waals surface area (Å²) in [5.74, 6) is 0.857. The van der Waals surface area contributed by atoms with Gasteiger partial charge in [0, 0.05) is 6.04 Å². The third kappa shape index (κ3) is 2.45. The van der Waals surface area contributed by atoms with Crippen molar-refractivity contribution in [2.24, 2.45) is 0 Å². The van der Waals surface area contributed by atoms with Crippen LogP contribution in [0.25, 0.3) is 0 Å². The van der Waals surface area contributed by atoms with Gasteiger partial charge in [-0.3, -0.25) is 0 Å². The number of hydrogen-bond acceptors (Lipinski definition) is 3. The second-order valence-corrected chi connectivity index (χ2v) is 4.82. The van der Waals surface area contributed by atoms with Crippen LogP contribution in [0.3, 0.4) is 0 Å². The molecule has 0 aliphatic carbocycles. The number of methoxy groups -OCH3 is 1. The Balaban J connectivity index is 2.30. The summed E-state index contributed by atoms with van der Waals surface area (Å²) in [7, 11) is 1.67. The molecule has 1 saturated heterocycles. The van der Waals surface area contributed by atoms with Crippen LogP contribution < -0.4 is 10.1 Å². The van der Waals surface area contributed by atoms with Crippen LogP contribution in [-0.4, -0.2) is 24.8 Å². The van der Waals surface area contributed by atoms with E-state index in [-0.39, 0.29) is 6.04 Å². The van der Waals surface area contributed by atoms with Gasteiger partial charge in [0.05, 0.1) is 13.2 Å². The average molecular weight is 235 g/mol. The largest absolute Gasteiger partial charge is 0.497 e. The highest BCUT2D eigenvalue weighted by molar-refractivity contribution is 5.42. The van der Waals surface area contributed by atoms with Crippen LogP contribution in [0.1, 0.15) is 35.6 Å². The summed E-state index contributed by atoms with van der Waals surface area (Å²) >= 11 is 0. The maximum absolute atomic E-state index is 10.4. The number of aliphatic hydroxyl groups is 1. The summed E-state index contributed by atoms with van der Waals surface area (Å²) < 4.78 is 5.24. The molecule has 0 saturated carbocycles. The van der Waals surface area contributed by atoms with Crippen LogP contribution >= 0.6 is 0 Å². The van der Waals surface area contributed by atoms with Crippen molar-refractivity contribution in [3.63, 3.8) is 0 Å². The van der Waals surface area contributed by atoms with Crippen molar-refractivity contribution in [1.82, 2.24) is 5.32 Å². The van der Waals surface area contributed by atoms with Crippen molar-refractivity contribution in [2.45, 2.75) is 38.8 Å². The minimum Gasteiger partial charge on any atom is -0.497 e. The van der Waals surface area contributed by atoms with Gasteiger partial charge in [0.1, 0.15) is 5.75 Å². The van der Waals surface area contributed by atoms with E-state index in [1.54, 1.807) is 7.11 Å². The normalized spacial score (nSPS) is 21.5. The third-order valence-electron chi connectivity index (χ3n) is 3.58. The van der Waals surface area contributed by atoms with Crippen molar-refractivity contribution in [3.8, 4) is 5.75 Å². The molecule has 0 radical (unpaired) electrons. The van der Waals surface area contributed by atoms with E-state index < -0.39 is 6.10 Å². The molecule has 2 unspecified atom stereocenters. The van der Waals surface area contributed by atoms with Gasteiger partial charge in [0.25, 0.3) is 0 Å². The van der Waals surface area contributed by atoms with Gasteiger partial charge in [-0.15, -0.1) is 0 Å². The molecule has 3 heteroatoms. The van der Waals surface area contributed by atoms with Gasteiger partial charge >= 0.3 is 0 Å². The summed E-state index contributed by atoms with van der Waals surface area (Å²) in [6.07, 6.45) is 1.78. The highest BCUT2D eigenvalue weighted by atomic mass is 16.5. The lowest BCUT2D eigenvalue weighted by molar-refractivity contribution is 0.136. The first kappa shape index (κ1) is 12.4. The highest BCUT2D eigenvalue weighted by Gasteiger charge is 2.26. The Morgan fingerprint density at radius 3 is 2.47 bits per heavy atom. The van der Waals surface area contributed by atoms with Crippen LogP contribution in [0.4, 0.5) is 0 Å². The maximum Gasteiger partial charge on any atom is 0.119 e. The molecular formula is C14H21NO2. The molecule has 17 heavy (non-hydrogen) atoms. The third-order valence-corrected chi connectivity index (χ3v) is 3.58. The van der Waals surface area contributed by atoms with Crippen LogP contribution in [0.15, 0.2) is 12.1 Å². The smallest absolute Gasteiger partial charge is 0.119 e. The van der Waals surface area contributed by atoms with E-state index in [0.717, 1.165) is 41.8 Å². The fraction of sp³-hybridized carbons (Fsp3) is 0.571. The summed E-state index contributed by atoms with van der Waals surface area (Å²) in [4.78, 5) is 0. The van der Waals surface area contributed by atoms with Gasteiger partial charge in [-0.05, 0) is 62.1 Å². The standard InChI is InChI=1S/C14H21NO2/c1-9-7-11(17-3)8-10(2)13(9)14(16)12-5-4-6-15-12/h7-8,12,14-16H,4-6H2,1-3H3. The first-order valence-electron chi connectivity index (χ1n) is 6.20. The van der Waals surface area contributed by atoms with E-state index >= 15 is 0 Å². The van der Waals surface area contributed by atoms with Crippen LogP contribution in [0, 0.1) is 13.8 Å². The minimum absolute atomic E-state index is 0.195. The predicted octanol–water partition coefficient (Wildman–Crippen LogP) is 2.10. The molecule has 1 aromatic rings. The van der Waals surface area contributed by atoms with Gasteiger partial charge in [-0.2, -0.15) is 0 Å². The first-order chi connectivity index (χ1) is 8.13. The van der Waals surface area contributed by atoms with Crippen molar-refractivity contribution in [2.75, 3.05) is 13.7 Å². The SMILES string of the molecule is COc1cc(C)c(C(O)C2CCCN2)c(C)c1. The Morgan fingerprint density at radius 2 is 2.00 bits per heavy atom. The minimum atomic E-state index is -0.414. The van der Waals surface area contributed by atoms with Gasteiger partial charge in [-0.1, -0.05) is 0 Å². The molecule has 3 nitrogen and oxygen atoms in total. The summed E-state index contributed by atoms with van der Waals surface area (Å²) in [6, 6.07) is 4.17. The number of ether oxygens (including phenoxy) is 1. The van der Waals surface area contributed by atoms with Crippen LogP contribution in [0.2, 0.25) is 0 Å². The van der Waals surface area contributed by atoms with Crippen molar-refractivity contribution in [1.29, 1.82) is 0 Å². The second kappa shape index (κ2) is 5.07. The Labute approximate surface area is 103 Å². The Hall–Kier alpha value is -1.06. The lowest BCUT2D eigenvalue weighted by Crippen LogP contribution is -2.29. The van der Waals surface area contributed by atoms with E-state index in [0.29, 0.717) is 0 Å². The molecule has 1 aliphatic heterocycles. The van der Waals surface area contributed by atoms with Crippen molar-refractivity contribution >= 4 is 0 Å². The molecule has 0 amide bonds. The molecule has 2 N–H and O–H groups in total. The van der Waals surface area contributed by atoms with E-state index in [9.17, 15) is 5.11 Å². The van der Waals surface area contributed by atoms with Crippen molar-refractivity contribution < 1.29 is 9.84 Å². The molecule has 2 rings (SSSR count). The molecule has 1 aliphatic rings. The topological polar surface area (TPSA) is 41.5 Å². The fourth-order valence-corrected chi connectivity index (χ4v) is 2.70. The van der Waals surface area contributed by atoms with E-state index in [4.69, 9.17) is 4.74 Å². The quantitative estimate of drug-likeness (QED) is 0.843. The maximum atomic E-state index is 10.4. The number of hydrogen-bond donors (Lipinski definition) is 2. The molecular weight excluding hydrogens is 214 g/mol. The van der Waals surface area contributed by atoms with Gasteiger partial charge < -0.3 is 15.2 Å². The molecule has 0 spiro atoms. The second-order valence-electron chi connectivity index (χ2n) is 4.82. The molecule has 0 aromatic heterocycles. The predicted molar refractivity (Wildman–Crippen MR) is 68.5 cm³/mol. The summed E-state index contributed by atoms with van der Waals surface area (Å²) in [5.41, 5.74) is 3.25. The van der Waals surface area contributed by atoms with Crippen molar-refractivity contribution in [3.05, 3.63) is 28.8 Å². The number of aryl methyl sites for hydroxylation is 2. The first-order valence-corrected chi connectivity index (χ1v) is 6.20. The van der Waals surface area contributed by atoms with Gasteiger partial charge in [0.15, 0.2) is 0 Å². The lowest BCUT2D eigenvalue weighted by Gasteiger charge is -2.23. The van der Waals surface area contributed by atoms with Crippen LogP contribution in [-0.2, 0) is 0 Å². The van der Waals surface area contributed by atoms with Crippen LogP contribution in [0.5, 0.6) is 5.75 Å². The fourth-order valence-electron chi connectivity index (χ4n) is 2.70. The van der Waals surface area contributed by atoms with E-state index in [1.165, 1.54) is 0 Å². The molecule has 94 valence electrons. The van der Waals surface area contributed by atoms with E-state index in [1.807, 2.05) is 26.0 Å². The number of nitrogens with one attached hydrogen (secondary N) is 1. The number of benzene rings is 1. The zero-order chi connectivity index (χ0) is 12.4. The highest BCUT2D eigenvalue weighted by Crippen LogP contribution is 2.31. The zero-order valence-corrected chi connectivity index (χ0v) is 10.8. The molecule has 1 fully saturated rings. The summed E-state index contributed by atoms with van der Waals surface area (Å²) in [5, 5.41) is 13.8. The van der Waals surface area contributed by atoms with E-state index in [2.05, 4.69) is 5.32 Å². The Kier molecular flexibility index (Phi) is 3.69. The molecule has 2 atom stereocenters. The molecule has 0 bridgehead atoms. The monoisotopic (exact) mass is 235 g/mol. The Morgan fingerprint density at radius 1 is 1.35 bits per heavy atom. The van der Waals surface area contributed by atoms with Gasteiger partial charge in [-0.25, -0.2) is 0 Å². The molecule has 1 aromatic carbocycles. The lowest BCUT2D eigenvalue weighted by atomic mass is 9.92. The Bertz CT molecular complexity index is 374. The summed E-state index contributed by atoms with van der Waals surface area (Å²) in [6.45, 7) is 5.07.